The smallest absolute Gasteiger partial charge is 0.0547 e. The summed E-state index contributed by atoms with van der Waals surface area (Å²) in [6.45, 7) is 0. The van der Waals surface area contributed by atoms with Crippen molar-refractivity contribution in [3.8, 4) is 5.69 Å². The lowest BCUT2D eigenvalue weighted by molar-refractivity contribution is 1.19. The lowest BCUT2D eigenvalue weighted by Gasteiger charge is -2.25. The molecule has 47 heavy (non-hydrogen) atoms. The summed E-state index contributed by atoms with van der Waals surface area (Å²) in [5.41, 5.74) is 6.98. The lowest BCUT2D eigenvalue weighted by atomic mass is 10.0. The Balaban J connectivity index is 1.28. The first-order valence-corrected chi connectivity index (χ1v) is 16.8. The van der Waals surface area contributed by atoms with Crippen molar-refractivity contribution in [2.75, 3.05) is 4.90 Å². The third-order valence-electron chi connectivity index (χ3n) is 9.48. The van der Waals surface area contributed by atoms with Gasteiger partial charge >= 0.3 is 0 Å². The van der Waals surface area contributed by atoms with Crippen molar-refractivity contribution < 1.29 is 0 Å². The molecule has 0 aliphatic heterocycles. The molecule has 0 saturated carbocycles. The lowest BCUT2D eigenvalue weighted by Crippen LogP contribution is -2.09. The van der Waals surface area contributed by atoms with Crippen LogP contribution in [0.25, 0.3) is 69.2 Å². The number of fused-ring (bicyclic) bond motifs is 8. The number of anilines is 3. The molecule has 0 spiro atoms. The molecule has 0 fully saturated rings. The van der Waals surface area contributed by atoms with Gasteiger partial charge in [0.05, 0.1) is 11.0 Å². The van der Waals surface area contributed by atoms with Crippen LogP contribution in [-0.4, -0.2) is 4.57 Å². The molecule has 3 heteroatoms. The predicted molar refractivity (Wildman–Crippen MR) is 203 cm³/mol. The zero-order chi connectivity index (χ0) is 30.9. The number of rotatable bonds is 4. The molecule has 0 N–H and O–H groups in total. The van der Waals surface area contributed by atoms with Gasteiger partial charge in [0.25, 0.3) is 0 Å². The molecule has 10 aromatic rings. The second-order valence-electron chi connectivity index (χ2n) is 12.2. The SMILES string of the molecule is c1ccc(N(c2ccccc2)c2ccc3c(c2)c2cc4cc5sc6ccccc6c5cc4cc2n3-c2ccc3ccccc3c2)cc1. The Bertz CT molecular complexity index is 2750. The van der Waals surface area contributed by atoms with E-state index in [-0.39, 0.29) is 0 Å². The van der Waals surface area contributed by atoms with Crippen LogP contribution < -0.4 is 4.90 Å². The van der Waals surface area contributed by atoms with Crippen LogP contribution in [0.1, 0.15) is 0 Å². The average Bonchev–Trinajstić information content (AvgIpc) is 3.64. The van der Waals surface area contributed by atoms with Gasteiger partial charge in [0.15, 0.2) is 0 Å². The molecule has 2 aromatic heterocycles. The number of para-hydroxylation sites is 2. The Morgan fingerprint density at radius 1 is 0.362 bits per heavy atom. The second kappa shape index (κ2) is 10.3. The van der Waals surface area contributed by atoms with Gasteiger partial charge in [-0.2, -0.15) is 0 Å². The molecule has 2 nitrogen and oxygen atoms in total. The van der Waals surface area contributed by atoms with Crippen molar-refractivity contribution in [3.63, 3.8) is 0 Å². The summed E-state index contributed by atoms with van der Waals surface area (Å²) in [6.07, 6.45) is 0. The third kappa shape index (κ3) is 4.17. The second-order valence-corrected chi connectivity index (χ2v) is 13.3. The maximum Gasteiger partial charge on any atom is 0.0547 e. The number of hydrogen-bond acceptors (Lipinski definition) is 2. The summed E-state index contributed by atoms with van der Waals surface area (Å²) in [6, 6.07) is 62.0. The highest BCUT2D eigenvalue weighted by molar-refractivity contribution is 7.25. The molecule has 0 saturated heterocycles. The van der Waals surface area contributed by atoms with E-state index in [4.69, 9.17) is 0 Å². The zero-order valence-electron chi connectivity index (χ0n) is 25.5. The third-order valence-corrected chi connectivity index (χ3v) is 10.6. The van der Waals surface area contributed by atoms with Crippen molar-refractivity contribution in [2.45, 2.75) is 0 Å². The van der Waals surface area contributed by atoms with Crippen LogP contribution in [0.2, 0.25) is 0 Å². The van der Waals surface area contributed by atoms with Gasteiger partial charge in [0.2, 0.25) is 0 Å². The van der Waals surface area contributed by atoms with Crippen LogP contribution in [0.15, 0.2) is 170 Å². The van der Waals surface area contributed by atoms with E-state index in [1.807, 2.05) is 11.3 Å². The fraction of sp³-hybridized carbons (Fsp3) is 0. The summed E-state index contributed by atoms with van der Waals surface area (Å²) in [5, 5.41) is 10.2. The van der Waals surface area contributed by atoms with Crippen LogP contribution in [-0.2, 0) is 0 Å². The van der Waals surface area contributed by atoms with Crippen molar-refractivity contribution in [1.29, 1.82) is 0 Å². The largest absolute Gasteiger partial charge is 0.310 e. The van der Waals surface area contributed by atoms with Crippen LogP contribution >= 0.6 is 11.3 Å². The minimum atomic E-state index is 1.13. The number of hydrogen-bond donors (Lipinski definition) is 0. The van der Waals surface area contributed by atoms with Gasteiger partial charge in [0, 0.05) is 53.7 Å². The molecule has 0 unspecified atom stereocenters. The van der Waals surface area contributed by atoms with Gasteiger partial charge in [-0.3, -0.25) is 0 Å². The topological polar surface area (TPSA) is 8.17 Å². The molecule has 8 aromatic carbocycles. The Kier molecular flexibility index (Phi) is 5.78. The zero-order valence-corrected chi connectivity index (χ0v) is 26.3. The Labute approximate surface area is 276 Å². The molecular formula is C44H28N2S. The van der Waals surface area contributed by atoms with E-state index in [0.717, 1.165) is 17.1 Å². The first-order chi connectivity index (χ1) is 23.3. The number of nitrogens with zero attached hydrogens (tertiary/aromatic N) is 2. The quantitative estimate of drug-likeness (QED) is 0.191. The van der Waals surface area contributed by atoms with Gasteiger partial charge in [-0.15, -0.1) is 11.3 Å². The summed E-state index contributed by atoms with van der Waals surface area (Å²) < 4.78 is 5.11. The molecule has 0 radical (unpaired) electrons. The van der Waals surface area contributed by atoms with E-state index in [0.29, 0.717) is 0 Å². The highest BCUT2D eigenvalue weighted by Gasteiger charge is 2.18. The molecule has 2 heterocycles. The van der Waals surface area contributed by atoms with E-state index >= 15 is 0 Å². The summed E-state index contributed by atoms with van der Waals surface area (Å²) >= 11 is 1.88. The van der Waals surface area contributed by atoms with Crippen LogP contribution in [0.4, 0.5) is 17.1 Å². The molecule has 0 aliphatic carbocycles. The van der Waals surface area contributed by atoms with Gasteiger partial charge in [-0.25, -0.2) is 0 Å². The monoisotopic (exact) mass is 616 g/mol. The molecule has 0 amide bonds. The molecule has 0 bridgehead atoms. The molecule has 0 atom stereocenters. The molecular weight excluding hydrogens is 589 g/mol. The number of thiophene rings is 1. The van der Waals surface area contributed by atoms with Crippen LogP contribution in [0.3, 0.4) is 0 Å². The summed E-state index contributed by atoms with van der Waals surface area (Å²) in [5.74, 6) is 0. The van der Waals surface area contributed by atoms with Gasteiger partial charge < -0.3 is 9.47 Å². The first kappa shape index (κ1) is 26.3. The van der Waals surface area contributed by atoms with Gasteiger partial charge in [-0.05, 0) is 106 Å². The highest BCUT2D eigenvalue weighted by Crippen LogP contribution is 2.42. The van der Waals surface area contributed by atoms with Crippen molar-refractivity contribution in [3.05, 3.63) is 170 Å². The van der Waals surface area contributed by atoms with E-state index in [1.165, 1.54) is 69.2 Å². The van der Waals surface area contributed by atoms with Crippen molar-refractivity contribution in [2.24, 2.45) is 0 Å². The van der Waals surface area contributed by atoms with Gasteiger partial charge in [0.1, 0.15) is 0 Å². The minimum absolute atomic E-state index is 1.13. The Morgan fingerprint density at radius 2 is 1.02 bits per heavy atom. The van der Waals surface area contributed by atoms with Crippen molar-refractivity contribution >= 4 is 91.9 Å². The van der Waals surface area contributed by atoms with E-state index in [2.05, 4.69) is 179 Å². The van der Waals surface area contributed by atoms with E-state index in [9.17, 15) is 0 Å². The number of aromatic nitrogens is 1. The Hall–Kier alpha value is -5.90. The standard InChI is InChI=1S/C44H28N2S/c1-3-13-33(14-4-1)45(34-15-5-2-6-16-34)36-21-22-41-39(28-36)38-24-32-27-44-40(37-17-9-10-18-43(37)47-44)25-31(32)26-42(38)46(41)35-20-19-29-11-7-8-12-30(29)23-35/h1-28H. The normalized spacial score (nSPS) is 11.8. The molecule has 0 aliphatic rings. The van der Waals surface area contributed by atoms with E-state index < -0.39 is 0 Å². The summed E-state index contributed by atoms with van der Waals surface area (Å²) in [7, 11) is 0. The molecule has 10 rings (SSSR count). The maximum atomic E-state index is 2.45. The fourth-order valence-corrected chi connectivity index (χ4v) is 8.44. The average molecular weight is 617 g/mol. The van der Waals surface area contributed by atoms with Crippen LogP contribution in [0.5, 0.6) is 0 Å². The highest BCUT2D eigenvalue weighted by atomic mass is 32.1. The van der Waals surface area contributed by atoms with Gasteiger partial charge in [-0.1, -0.05) is 84.9 Å². The predicted octanol–water partition coefficient (Wildman–Crippen LogP) is 12.9. The van der Waals surface area contributed by atoms with Crippen LogP contribution in [0, 0.1) is 0 Å². The fourth-order valence-electron chi connectivity index (χ4n) is 7.31. The van der Waals surface area contributed by atoms with Crippen molar-refractivity contribution in [1.82, 2.24) is 4.57 Å². The molecule has 220 valence electrons. The maximum absolute atomic E-state index is 2.45. The minimum Gasteiger partial charge on any atom is -0.310 e. The first-order valence-electron chi connectivity index (χ1n) is 16.0. The van der Waals surface area contributed by atoms with E-state index in [1.54, 1.807) is 0 Å². The summed E-state index contributed by atoms with van der Waals surface area (Å²) in [4.78, 5) is 2.35. The Morgan fingerprint density at radius 3 is 1.83 bits per heavy atom. The number of benzene rings is 8.